The zero-order chi connectivity index (χ0) is 17.1. The predicted octanol–water partition coefficient (Wildman–Crippen LogP) is 5.70. The summed E-state index contributed by atoms with van der Waals surface area (Å²) in [6.07, 6.45) is 9.39. The van der Waals surface area contributed by atoms with Crippen molar-refractivity contribution in [1.29, 1.82) is 0 Å². The number of hydrogen-bond acceptors (Lipinski definition) is 1. The van der Waals surface area contributed by atoms with Crippen LogP contribution >= 0.6 is 11.6 Å². The summed E-state index contributed by atoms with van der Waals surface area (Å²) >= 11 is 5.98. The fourth-order valence-electron chi connectivity index (χ4n) is 2.37. The molecule has 128 valence electrons. The molecule has 0 N–H and O–H groups in total. The fraction of sp³-hybridized carbons (Fsp3) is 0.526. The van der Waals surface area contributed by atoms with E-state index in [1.54, 1.807) is 12.1 Å². The minimum atomic E-state index is -0.412. The Morgan fingerprint density at radius 1 is 1.13 bits per heavy atom. The Morgan fingerprint density at radius 3 is 2.26 bits per heavy atom. The van der Waals surface area contributed by atoms with Gasteiger partial charge in [-0.1, -0.05) is 57.2 Å². The number of rotatable bonds is 10. The lowest BCUT2D eigenvalue weighted by molar-refractivity contribution is -0.126. The molecule has 1 amide bonds. The van der Waals surface area contributed by atoms with Crippen molar-refractivity contribution >= 4 is 23.6 Å². The van der Waals surface area contributed by atoms with Crippen molar-refractivity contribution < 1.29 is 9.18 Å². The highest BCUT2D eigenvalue weighted by molar-refractivity contribution is 6.32. The molecule has 0 unspecified atom stereocenters. The van der Waals surface area contributed by atoms with E-state index in [9.17, 15) is 9.18 Å². The lowest BCUT2D eigenvalue weighted by Crippen LogP contribution is -2.31. The van der Waals surface area contributed by atoms with Crippen LogP contribution in [0.25, 0.3) is 6.08 Å². The highest BCUT2D eigenvalue weighted by atomic mass is 35.5. The van der Waals surface area contributed by atoms with Crippen LogP contribution in [0.4, 0.5) is 4.39 Å². The van der Waals surface area contributed by atoms with Crippen molar-refractivity contribution in [2.45, 2.75) is 52.4 Å². The molecule has 0 fully saturated rings. The van der Waals surface area contributed by atoms with E-state index in [4.69, 9.17) is 11.6 Å². The van der Waals surface area contributed by atoms with E-state index < -0.39 is 5.82 Å². The first kappa shape index (κ1) is 19.7. The zero-order valence-corrected chi connectivity index (χ0v) is 14.9. The molecule has 1 aromatic carbocycles. The van der Waals surface area contributed by atoms with Crippen LogP contribution in [-0.4, -0.2) is 23.9 Å². The maximum Gasteiger partial charge on any atom is 0.246 e. The highest BCUT2D eigenvalue weighted by Gasteiger charge is 2.11. The third kappa shape index (κ3) is 7.17. The largest absolute Gasteiger partial charge is 0.339 e. The second-order valence-corrected chi connectivity index (χ2v) is 6.12. The second-order valence-electron chi connectivity index (χ2n) is 5.71. The van der Waals surface area contributed by atoms with E-state index in [0.29, 0.717) is 5.02 Å². The maximum atomic E-state index is 13.7. The molecule has 0 atom stereocenters. The van der Waals surface area contributed by atoms with Crippen molar-refractivity contribution in [3.05, 3.63) is 40.7 Å². The fourth-order valence-corrected chi connectivity index (χ4v) is 2.59. The molecule has 0 aliphatic heterocycles. The first-order valence-electron chi connectivity index (χ1n) is 8.51. The predicted molar refractivity (Wildman–Crippen MR) is 96.1 cm³/mol. The van der Waals surface area contributed by atoms with Gasteiger partial charge in [-0.2, -0.15) is 0 Å². The first-order valence-corrected chi connectivity index (χ1v) is 8.89. The second kappa shape index (κ2) is 11.2. The van der Waals surface area contributed by atoms with Crippen molar-refractivity contribution in [2.24, 2.45) is 0 Å². The Morgan fingerprint density at radius 2 is 1.74 bits per heavy atom. The number of nitrogens with zero attached hydrogens (tertiary/aromatic N) is 1. The number of hydrogen-bond donors (Lipinski definition) is 0. The van der Waals surface area contributed by atoms with Gasteiger partial charge >= 0.3 is 0 Å². The topological polar surface area (TPSA) is 20.3 Å². The number of benzene rings is 1. The van der Waals surface area contributed by atoms with Crippen LogP contribution in [0.1, 0.15) is 57.9 Å². The minimum Gasteiger partial charge on any atom is -0.339 e. The summed E-state index contributed by atoms with van der Waals surface area (Å²) in [5.74, 6) is -0.485. The standard InChI is InChI=1S/C19H27ClFNO/c1-3-5-7-14-22(15-8-6-4-2)19(23)13-12-16-17(20)10-9-11-18(16)21/h9-13H,3-8,14-15H2,1-2H3/b13-12+. The molecule has 0 aliphatic carbocycles. The molecule has 0 saturated heterocycles. The molecule has 0 radical (unpaired) electrons. The quantitative estimate of drug-likeness (QED) is 0.395. The molecular weight excluding hydrogens is 313 g/mol. The molecule has 1 aromatic rings. The molecule has 0 aromatic heterocycles. The van der Waals surface area contributed by atoms with Gasteiger partial charge in [0.1, 0.15) is 5.82 Å². The van der Waals surface area contributed by atoms with Crippen LogP contribution in [0.15, 0.2) is 24.3 Å². The van der Waals surface area contributed by atoms with Crippen LogP contribution in [-0.2, 0) is 4.79 Å². The Bertz CT molecular complexity index is 486. The van der Waals surface area contributed by atoms with E-state index in [0.717, 1.165) is 51.6 Å². The summed E-state index contributed by atoms with van der Waals surface area (Å²) in [5, 5.41) is 0.317. The lowest BCUT2D eigenvalue weighted by atomic mass is 10.1. The van der Waals surface area contributed by atoms with Gasteiger partial charge in [-0.05, 0) is 31.1 Å². The van der Waals surface area contributed by atoms with Gasteiger partial charge in [0, 0.05) is 24.7 Å². The van der Waals surface area contributed by atoms with E-state index in [1.165, 1.54) is 18.2 Å². The van der Waals surface area contributed by atoms with Gasteiger partial charge in [0.25, 0.3) is 0 Å². The number of carbonyl (C=O) groups excluding carboxylic acids is 1. The van der Waals surface area contributed by atoms with Crippen molar-refractivity contribution in [3.8, 4) is 0 Å². The average molecular weight is 340 g/mol. The Balaban J connectivity index is 2.72. The van der Waals surface area contributed by atoms with Crippen LogP contribution in [0.5, 0.6) is 0 Å². The van der Waals surface area contributed by atoms with E-state index >= 15 is 0 Å². The molecule has 0 spiro atoms. The van der Waals surface area contributed by atoms with Gasteiger partial charge in [-0.25, -0.2) is 4.39 Å². The summed E-state index contributed by atoms with van der Waals surface area (Å²) in [6.45, 7) is 5.80. The van der Waals surface area contributed by atoms with Crippen molar-refractivity contribution in [1.82, 2.24) is 4.90 Å². The third-order valence-corrected chi connectivity index (χ3v) is 4.10. The third-order valence-electron chi connectivity index (χ3n) is 3.77. The highest BCUT2D eigenvalue weighted by Crippen LogP contribution is 2.20. The van der Waals surface area contributed by atoms with Crippen LogP contribution in [0.2, 0.25) is 5.02 Å². The summed E-state index contributed by atoms with van der Waals surface area (Å²) in [5.41, 5.74) is 0.268. The van der Waals surface area contributed by atoms with Crippen LogP contribution in [0, 0.1) is 5.82 Å². The molecule has 0 bridgehead atoms. The monoisotopic (exact) mass is 339 g/mol. The molecule has 1 rings (SSSR count). The molecular formula is C19H27ClFNO. The molecule has 0 saturated carbocycles. The van der Waals surface area contributed by atoms with Gasteiger partial charge in [0.15, 0.2) is 0 Å². The van der Waals surface area contributed by atoms with Gasteiger partial charge < -0.3 is 4.90 Å². The van der Waals surface area contributed by atoms with Gasteiger partial charge in [0.2, 0.25) is 5.91 Å². The van der Waals surface area contributed by atoms with Crippen LogP contribution in [0.3, 0.4) is 0 Å². The molecule has 23 heavy (non-hydrogen) atoms. The van der Waals surface area contributed by atoms with Crippen molar-refractivity contribution in [2.75, 3.05) is 13.1 Å². The minimum absolute atomic E-state index is 0.0727. The Kier molecular flexibility index (Phi) is 9.61. The lowest BCUT2D eigenvalue weighted by Gasteiger charge is -2.21. The number of amides is 1. The number of carbonyl (C=O) groups is 1. The molecule has 0 aliphatic rings. The Labute approximate surface area is 144 Å². The summed E-state index contributed by atoms with van der Waals surface area (Å²) in [4.78, 5) is 14.3. The maximum absolute atomic E-state index is 13.7. The molecule has 2 nitrogen and oxygen atoms in total. The van der Waals surface area contributed by atoms with Gasteiger partial charge in [0.05, 0.1) is 5.02 Å². The molecule has 0 heterocycles. The van der Waals surface area contributed by atoms with Gasteiger partial charge in [-0.3, -0.25) is 4.79 Å². The number of halogens is 2. The van der Waals surface area contributed by atoms with Crippen LogP contribution < -0.4 is 0 Å². The Hall–Kier alpha value is -1.35. The summed E-state index contributed by atoms with van der Waals surface area (Å²) < 4.78 is 13.7. The average Bonchev–Trinajstić information content (AvgIpc) is 2.53. The van der Waals surface area contributed by atoms with Crippen molar-refractivity contribution in [3.63, 3.8) is 0 Å². The normalized spacial score (nSPS) is 11.1. The SMILES string of the molecule is CCCCCN(CCCCC)C(=O)/C=C/c1c(F)cccc1Cl. The summed E-state index contributed by atoms with van der Waals surface area (Å²) in [7, 11) is 0. The zero-order valence-electron chi connectivity index (χ0n) is 14.2. The van der Waals surface area contributed by atoms with E-state index in [2.05, 4.69) is 13.8 Å². The molecule has 4 heteroatoms. The first-order chi connectivity index (χ1) is 11.1. The van der Waals surface area contributed by atoms with E-state index in [-0.39, 0.29) is 11.5 Å². The van der Waals surface area contributed by atoms with E-state index in [1.807, 2.05) is 4.90 Å². The number of unbranched alkanes of at least 4 members (excludes halogenated alkanes) is 4. The smallest absolute Gasteiger partial charge is 0.246 e. The summed E-state index contributed by atoms with van der Waals surface area (Å²) in [6, 6.07) is 4.52. The van der Waals surface area contributed by atoms with Gasteiger partial charge in [-0.15, -0.1) is 0 Å².